The van der Waals surface area contributed by atoms with Crippen LogP contribution < -0.4 is 5.73 Å². The molecule has 21 heavy (non-hydrogen) atoms. The first-order valence-corrected chi connectivity index (χ1v) is 8.32. The summed E-state index contributed by atoms with van der Waals surface area (Å²) in [6.45, 7) is 4.49. The predicted molar refractivity (Wildman–Crippen MR) is 90.7 cm³/mol. The maximum absolute atomic E-state index is 6.44. The minimum absolute atomic E-state index is 0.142. The van der Waals surface area contributed by atoms with Crippen molar-refractivity contribution in [1.29, 1.82) is 0 Å². The van der Waals surface area contributed by atoms with Crippen molar-refractivity contribution in [1.82, 2.24) is 9.80 Å². The van der Waals surface area contributed by atoms with E-state index in [1.54, 1.807) is 0 Å². The van der Waals surface area contributed by atoms with Crippen molar-refractivity contribution < 1.29 is 0 Å². The minimum Gasteiger partial charge on any atom is -0.326 e. The summed E-state index contributed by atoms with van der Waals surface area (Å²) < 4.78 is 0. The van der Waals surface area contributed by atoms with Crippen LogP contribution in [-0.4, -0.2) is 49.1 Å². The lowest BCUT2D eigenvalue weighted by molar-refractivity contribution is 0.0860. The Bertz CT molecular complexity index is 434. The summed E-state index contributed by atoms with van der Waals surface area (Å²) in [6, 6.07) is 9.13. The number of likely N-dealkylation sites (N-methyl/N-ethyl adjacent to an activating group) is 2. The van der Waals surface area contributed by atoms with Crippen LogP contribution in [0.3, 0.4) is 0 Å². The molecule has 1 aromatic rings. The summed E-state index contributed by atoms with van der Waals surface area (Å²) in [5, 5.41) is 0.780. The molecule has 0 spiro atoms. The molecule has 0 saturated carbocycles. The summed E-state index contributed by atoms with van der Waals surface area (Å²) in [5.41, 5.74) is 7.71. The van der Waals surface area contributed by atoms with Gasteiger partial charge in [-0.1, -0.05) is 30.7 Å². The summed E-state index contributed by atoms with van der Waals surface area (Å²) in [6.07, 6.45) is 3.49. The van der Waals surface area contributed by atoms with E-state index < -0.39 is 0 Å². The lowest BCUT2D eigenvalue weighted by Crippen LogP contribution is -2.50. The maximum Gasteiger partial charge on any atom is 0.0499 e. The second-order valence-corrected chi connectivity index (χ2v) is 6.73. The van der Waals surface area contributed by atoms with E-state index in [2.05, 4.69) is 43.0 Å². The molecule has 1 fully saturated rings. The van der Waals surface area contributed by atoms with Crippen molar-refractivity contribution in [2.75, 3.05) is 27.2 Å². The first kappa shape index (κ1) is 16.8. The Balaban J connectivity index is 2.20. The molecule has 1 heterocycles. The van der Waals surface area contributed by atoms with Crippen LogP contribution in [0.25, 0.3) is 0 Å². The number of likely N-dealkylation sites (tertiary alicyclic amines) is 1. The Hall–Kier alpha value is -0.610. The van der Waals surface area contributed by atoms with Crippen LogP contribution in [-0.2, 0) is 0 Å². The summed E-state index contributed by atoms with van der Waals surface area (Å²) in [5.74, 6) is 0. The van der Waals surface area contributed by atoms with Gasteiger partial charge in [-0.3, -0.25) is 4.90 Å². The summed E-state index contributed by atoms with van der Waals surface area (Å²) >= 11 is 6.03. The van der Waals surface area contributed by atoms with Gasteiger partial charge in [-0.25, -0.2) is 0 Å². The molecular weight excluding hydrogens is 282 g/mol. The molecule has 2 N–H and O–H groups in total. The van der Waals surface area contributed by atoms with Gasteiger partial charge in [-0.05, 0) is 57.6 Å². The van der Waals surface area contributed by atoms with Gasteiger partial charge in [-0.2, -0.15) is 0 Å². The van der Waals surface area contributed by atoms with Gasteiger partial charge >= 0.3 is 0 Å². The number of halogens is 1. The van der Waals surface area contributed by atoms with Gasteiger partial charge in [0.2, 0.25) is 0 Å². The Kier molecular flexibility index (Phi) is 6.06. The molecule has 118 valence electrons. The zero-order valence-corrected chi connectivity index (χ0v) is 14.2. The molecule has 1 aromatic carbocycles. The van der Waals surface area contributed by atoms with Gasteiger partial charge in [-0.15, -0.1) is 0 Å². The number of hydrogen-bond donors (Lipinski definition) is 1. The lowest BCUT2D eigenvalue weighted by atomic mass is 9.93. The first-order valence-electron chi connectivity index (χ1n) is 7.94. The standard InChI is InChI=1S/C17H28ClN3/c1-4-16(19)17(13-7-9-14(18)10-8-13)21(3)15-6-5-11-20(2)12-15/h7-10,15-17H,4-6,11-12,19H2,1-3H3. The largest absolute Gasteiger partial charge is 0.326 e. The van der Waals surface area contributed by atoms with E-state index in [9.17, 15) is 0 Å². The van der Waals surface area contributed by atoms with E-state index in [0.29, 0.717) is 6.04 Å². The lowest BCUT2D eigenvalue weighted by Gasteiger charge is -2.42. The third-order valence-electron chi connectivity index (χ3n) is 4.70. The molecule has 0 radical (unpaired) electrons. The molecule has 1 aliphatic rings. The normalized spacial score (nSPS) is 23.2. The molecule has 4 heteroatoms. The highest BCUT2D eigenvalue weighted by molar-refractivity contribution is 6.30. The molecule has 0 aliphatic carbocycles. The van der Waals surface area contributed by atoms with E-state index >= 15 is 0 Å². The van der Waals surface area contributed by atoms with Crippen molar-refractivity contribution in [3.8, 4) is 0 Å². The fraction of sp³-hybridized carbons (Fsp3) is 0.647. The Morgan fingerprint density at radius 2 is 2.05 bits per heavy atom. The highest BCUT2D eigenvalue weighted by Gasteiger charge is 2.30. The third kappa shape index (κ3) is 4.19. The molecular formula is C17H28ClN3. The fourth-order valence-electron chi connectivity index (χ4n) is 3.37. The van der Waals surface area contributed by atoms with Crippen molar-refractivity contribution >= 4 is 11.6 Å². The molecule has 3 nitrogen and oxygen atoms in total. The van der Waals surface area contributed by atoms with Gasteiger partial charge in [0.25, 0.3) is 0 Å². The average molecular weight is 310 g/mol. The second-order valence-electron chi connectivity index (χ2n) is 6.29. The number of nitrogens with zero attached hydrogens (tertiary/aromatic N) is 2. The molecule has 1 aliphatic heterocycles. The second kappa shape index (κ2) is 7.59. The number of nitrogens with two attached hydrogens (primary N) is 1. The highest BCUT2D eigenvalue weighted by atomic mass is 35.5. The Morgan fingerprint density at radius 3 is 2.62 bits per heavy atom. The number of hydrogen-bond acceptors (Lipinski definition) is 3. The minimum atomic E-state index is 0.142. The van der Waals surface area contributed by atoms with Crippen LogP contribution in [0.15, 0.2) is 24.3 Å². The van der Waals surface area contributed by atoms with Crippen LogP contribution in [0.5, 0.6) is 0 Å². The third-order valence-corrected chi connectivity index (χ3v) is 4.95. The van der Waals surface area contributed by atoms with E-state index in [0.717, 1.165) is 18.0 Å². The van der Waals surface area contributed by atoms with Gasteiger partial charge in [0, 0.05) is 29.7 Å². The molecule has 3 atom stereocenters. The highest BCUT2D eigenvalue weighted by Crippen LogP contribution is 2.29. The fourth-order valence-corrected chi connectivity index (χ4v) is 3.49. The van der Waals surface area contributed by atoms with E-state index in [1.807, 2.05) is 12.1 Å². The number of benzene rings is 1. The van der Waals surface area contributed by atoms with Crippen molar-refractivity contribution in [3.05, 3.63) is 34.9 Å². The Labute approximate surface area is 134 Å². The van der Waals surface area contributed by atoms with E-state index in [4.69, 9.17) is 17.3 Å². The summed E-state index contributed by atoms with van der Waals surface area (Å²) in [7, 11) is 4.43. The molecule has 0 aromatic heterocycles. The van der Waals surface area contributed by atoms with E-state index in [-0.39, 0.29) is 12.1 Å². The molecule has 0 bridgehead atoms. The number of rotatable bonds is 5. The smallest absolute Gasteiger partial charge is 0.0499 e. The van der Waals surface area contributed by atoms with Gasteiger partial charge < -0.3 is 10.6 Å². The van der Waals surface area contributed by atoms with Gasteiger partial charge in [0.05, 0.1) is 0 Å². The average Bonchev–Trinajstić information content (AvgIpc) is 2.49. The predicted octanol–water partition coefficient (Wildman–Crippen LogP) is 3.14. The van der Waals surface area contributed by atoms with Crippen molar-refractivity contribution in [3.63, 3.8) is 0 Å². The van der Waals surface area contributed by atoms with Crippen molar-refractivity contribution in [2.45, 2.75) is 44.3 Å². The molecule has 1 saturated heterocycles. The van der Waals surface area contributed by atoms with E-state index in [1.165, 1.54) is 24.9 Å². The molecule has 2 rings (SSSR count). The quantitative estimate of drug-likeness (QED) is 0.907. The molecule has 0 amide bonds. The monoisotopic (exact) mass is 309 g/mol. The SMILES string of the molecule is CCC(N)C(c1ccc(Cl)cc1)N(C)C1CCCN(C)C1. The zero-order valence-electron chi connectivity index (χ0n) is 13.4. The van der Waals surface area contributed by atoms with Crippen LogP contribution >= 0.6 is 11.6 Å². The van der Waals surface area contributed by atoms with Gasteiger partial charge in [0.1, 0.15) is 0 Å². The maximum atomic E-state index is 6.44. The molecule has 3 unspecified atom stereocenters. The topological polar surface area (TPSA) is 32.5 Å². The zero-order chi connectivity index (χ0) is 15.4. The number of piperidine rings is 1. The van der Waals surface area contributed by atoms with Crippen molar-refractivity contribution in [2.24, 2.45) is 5.73 Å². The van der Waals surface area contributed by atoms with Crippen LogP contribution in [0.1, 0.15) is 37.8 Å². The Morgan fingerprint density at radius 1 is 1.38 bits per heavy atom. The van der Waals surface area contributed by atoms with Crippen LogP contribution in [0.4, 0.5) is 0 Å². The van der Waals surface area contributed by atoms with Crippen LogP contribution in [0.2, 0.25) is 5.02 Å². The van der Waals surface area contributed by atoms with Gasteiger partial charge in [0.15, 0.2) is 0 Å². The van der Waals surface area contributed by atoms with Crippen LogP contribution in [0, 0.1) is 0 Å². The summed E-state index contributed by atoms with van der Waals surface area (Å²) in [4.78, 5) is 4.90. The first-order chi connectivity index (χ1) is 10.0.